The van der Waals surface area contributed by atoms with Crippen LogP contribution in [0.25, 0.3) is 0 Å². The largest absolute Gasteiger partial charge is 0.461 e. The number of carbonyl (C=O) groups excluding carboxylic acids is 4. The van der Waals surface area contributed by atoms with E-state index in [0.717, 1.165) is 25.9 Å². The molecule has 0 bridgehead atoms. The second-order valence-corrected chi connectivity index (χ2v) is 8.07. The first-order valence-electron chi connectivity index (χ1n) is 10.6. The number of amides is 3. The molecule has 0 radical (unpaired) electrons. The second-order valence-electron chi connectivity index (χ2n) is 8.07. The number of carbonyl (C=O) groups is 4. The van der Waals surface area contributed by atoms with Crippen molar-refractivity contribution in [3.8, 4) is 0 Å². The summed E-state index contributed by atoms with van der Waals surface area (Å²) in [5, 5.41) is 14.4. The van der Waals surface area contributed by atoms with Crippen LogP contribution in [-0.4, -0.2) is 72.1 Å². The highest BCUT2D eigenvalue weighted by molar-refractivity contribution is 6.00. The van der Waals surface area contributed by atoms with E-state index in [9.17, 15) is 19.2 Å². The molecule has 2 aliphatic rings. The van der Waals surface area contributed by atoms with Crippen molar-refractivity contribution in [2.75, 3.05) is 26.2 Å². The highest BCUT2D eigenvalue weighted by atomic mass is 16.5. The van der Waals surface area contributed by atoms with Crippen molar-refractivity contribution in [2.24, 2.45) is 11.8 Å². The van der Waals surface area contributed by atoms with Gasteiger partial charge in [-0.2, -0.15) is 0 Å². The molecule has 30 heavy (non-hydrogen) atoms. The smallest absolute Gasteiger partial charge is 0.310 e. The molecule has 0 aromatic heterocycles. The minimum atomic E-state index is -0.956. The van der Waals surface area contributed by atoms with Gasteiger partial charge in [0.2, 0.25) is 17.7 Å². The van der Waals surface area contributed by atoms with Gasteiger partial charge < -0.3 is 25.4 Å². The fourth-order valence-electron chi connectivity index (χ4n) is 3.49. The third kappa shape index (κ3) is 7.12. The molecular weight excluding hydrogens is 390 g/mol. The van der Waals surface area contributed by atoms with Gasteiger partial charge in [-0.1, -0.05) is 12.2 Å². The van der Waals surface area contributed by atoms with E-state index in [0.29, 0.717) is 6.42 Å². The fourth-order valence-corrected chi connectivity index (χ4v) is 3.49. The van der Waals surface area contributed by atoms with E-state index in [1.54, 1.807) is 30.9 Å². The Morgan fingerprint density at radius 3 is 2.60 bits per heavy atom. The van der Waals surface area contributed by atoms with E-state index in [-0.39, 0.29) is 31.9 Å². The number of esters is 1. The first-order valence-corrected chi connectivity index (χ1v) is 10.6. The van der Waals surface area contributed by atoms with Crippen LogP contribution in [0.2, 0.25) is 0 Å². The van der Waals surface area contributed by atoms with E-state index in [1.165, 1.54) is 0 Å². The number of cyclic esters (lactones) is 1. The minimum Gasteiger partial charge on any atom is -0.461 e. The Morgan fingerprint density at radius 2 is 1.93 bits per heavy atom. The summed E-state index contributed by atoms with van der Waals surface area (Å²) in [6.45, 7) is 4.59. The zero-order chi connectivity index (χ0) is 22.1. The number of hydrogen-bond donors (Lipinski definition) is 3. The van der Waals surface area contributed by atoms with Gasteiger partial charge in [-0.25, -0.2) is 0 Å². The summed E-state index contributed by atoms with van der Waals surface area (Å²) in [5.41, 5.74) is 0. The maximum absolute atomic E-state index is 12.6. The highest BCUT2D eigenvalue weighted by Crippen LogP contribution is 2.19. The maximum Gasteiger partial charge on any atom is 0.310 e. The monoisotopic (exact) mass is 423 g/mol. The Kier molecular flexibility index (Phi) is 9.29. The number of hydrogen-bond acceptors (Lipinski definition) is 6. The summed E-state index contributed by atoms with van der Waals surface area (Å²) in [6.07, 6.45) is 5.32. The summed E-state index contributed by atoms with van der Waals surface area (Å²) < 4.78 is 5.43. The van der Waals surface area contributed by atoms with Crippen LogP contribution >= 0.6 is 0 Å². The molecule has 1 fully saturated rings. The van der Waals surface area contributed by atoms with Crippen LogP contribution in [0.15, 0.2) is 12.2 Å². The Hall–Kier alpha value is -2.42. The number of aliphatic hydroxyl groups excluding tert-OH is 1. The van der Waals surface area contributed by atoms with Crippen LogP contribution < -0.4 is 10.6 Å². The molecule has 9 heteroatoms. The van der Waals surface area contributed by atoms with Crippen LogP contribution in [-0.2, 0) is 23.9 Å². The molecule has 0 aromatic rings. The molecule has 0 saturated carbocycles. The predicted octanol–water partition coefficient (Wildman–Crippen LogP) is 0.126. The third-order valence-corrected chi connectivity index (χ3v) is 5.35. The molecule has 0 aliphatic carbocycles. The molecule has 1 saturated heterocycles. The molecule has 0 aromatic carbocycles. The lowest BCUT2D eigenvalue weighted by Crippen LogP contribution is -2.46. The van der Waals surface area contributed by atoms with Gasteiger partial charge in [0.1, 0.15) is 12.0 Å². The van der Waals surface area contributed by atoms with Crippen molar-refractivity contribution < 1.29 is 29.0 Å². The first-order chi connectivity index (χ1) is 14.3. The number of aliphatic hydroxyl groups is 1. The Bertz CT molecular complexity index is 659. The number of likely N-dealkylation sites (tertiary alicyclic amines) is 1. The summed E-state index contributed by atoms with van der Waals surface area (Å²) in [7, 11) is 0. The van der Waals surface area contributed by atoms with Gasteiger partial charge in [-0.3, -0.25) is 19.2 Å². The van der Waals surface area contributed by atoms with Gasteiger partial charge in [0.15, 0.2) is 0 Å². The zero-order valence-electron chi connectivity index (χ0n) is 17.8. The Morgan fingerprint density at radius 1 is 1.27 bits per heavy atom. The number of nitrogens with zero attached hydrogens (tertiary/aromatic N) is 1. The van der Waals surface area contributed by atoms with Crippen molar-refractivity contribution in [3.63, 3.8) is 0 Å². The van der Waals surface area contributed by atoms with Gasteiger partial charge in [0, 0.05) is 25.6 Å². The van der Waals surface area contributed by atoms with Gasteiger partial charge in [0.05, 0.1) is 19.1 Å². The van der Waals surface area contributed by atoms with Gasteiger partial charge in [-0.05, 0) is 39.5 Å². The van der Waals surface area contributed by atoms with Gasteiger partial charge in [0.25, 0.3) is 0 Å². The van der Waals surface area contributed by atoms with E-state index in [2.05, 4.69) is 10.6 Å². The molecular formula is C21H33N3O6. The van der Waals surface area contributed by atoms with Crippen molar-refractivity contribution >= 4 is 23.7 Å². The molecule has 3 N–H and O–H groups in total. The highest BCUT2D eigenvalue weighted by Gasteiger charge is 2.30. The molecule has 0 spiro atoms. The standard InChI is InChI=1S/C21H33N3O6/c1-14(13-25)23-20(28)17-8-4-3-7-16(11-18(26)24-9-5-6-10-24)21(29)30-15(2)12-22-19(17)27/h3-4,14-17,25H,5-13H2,1-2H3,(H,22,27)(H,23,28)/t14-,15?,16?,17?/m0/s1. The molecule has 2 rings (SSSR count). The average Bonchev–Trinajstić information content (AvgIpc) is 3.24. The maximum atomic E-state index is 12.6. The van der Waals surface area contributed by atoms with Crippen molar-refractivity contribution in [3.05, 3.63) is 12.2 Å². The molecule has 2 heterocycles. The normalized spacial score (nSPS) is 26.8. The van der Waals surface area contributed by atoms with Crippen molar-refractivity contribution in [1.29, 1.82) is 0 Å². The molecule has 3 amide bonds. The van der Waals surface area contributed by atoms with E-state index < -0.39 is 41.8 Å². The predicted molar refractivity (Wildman–Crippen MR) is 109 cm³/mol. The molecule has 3 unspecified atom stereocenters. The lowest BCUT2D eigenvalue weighted by atomic mass is 9.97. The van der Waals surface area contributed by atoms with Gasteiger partial charge in [-0.15, -0.1) is 0 Å². The summed E-state index contributed by atoms with van der Waals surface area (Å²) in [4.78, 5) is 51.7. The summed E-state index contributed by atoms with van der Waals surface area (Å²) >= 11 is 0. The molecule has 9 nitrogen and oxygen atoms in total. The van der Waals surface area contributed by atoms with Crippen LogP contribution in [0.3, 0.4) is 0 Å². The number of allylic oxidation sites excluding steroid dienone is 2. The van der Waals surface area contributed by atoms with Crippen LogP contribution in [0.5, 0.6) is 0 Å². The van der Waals surface area contributed by atoms with E-state index >= 15 is 0 Å². The lowest BCUT2D eigenvalue weighted by Gasteiger charge is -2.23. The Balaban J connectivity index is 2.08. The Labute approximate surface area is 177 Å². The number of ether oxygens (including phenoxy) is 1. The summed E-state index contributed by atoms with van der Waals surface area (Å²) in [6, 6.07) is -0.462. The van der Waals surface area contributed by atoms with E-state index in [1.807, 2.05) is 0 Å². The summed E-state index contributed by atoms with van der Waals surface area (Å²) in [5.74, 6) is -3.00. The lowest BCUT2D eigenvalue weighted by molar-refractivity contribution is -0.156. The first kappa shape index (κ1) is 23.9. The van der Waals surface area contributed by atoms with Crippen LogP contribution in [0.4, 0.5) is 0 Å². The quantitative estimate of drug-likeness (QED) is 0.328. The average molecular weight is 424 g/mol. The SMILES string of the molecule is CC1CNC(=O)C(C(=O)N[C@@H](C)CO)CC=CCC(CC(=O)N2CCCC2)C(=O)O1. The molecule has 2 aliphatic heterocycles. The number of rotatable bonds is 5. The third-order valence-electron chi connectivity index (χ3n) is 5.35. The molecule has 4 atom stereocenters. The second kappa shape index (κ2) is 11.7. The fraction of sp³-hybridized carbons (Fsp3) is 0.714. The van der Waals surface area contributed by atoms with Crippen molar-refractivity contribution in [1.82, 2.24) is 15.5 Å². The zero-order valence-corrected chi connectivity index (χ0v) is 17.8. The number of nitrogens with one attached hydrogen (secondary N) is 2. The topological polar surface area (TPSA) is 125 Å². The van der Waals surface area contributed by atoms with Gasteiger partial charge >= 0.3 is 5.97 Å². The van der Waals surface area contributed by atoms with Crippen LogP contribution in [0, 0.1) is 11.8 Å². The van der Waals surface area contributed by atoms with E-state index in [4.69, 9.17) is 9.84 Å². The molecule has 168 valence electrons. The van der Waals surface area contributed by atoms with Crippen molar-refractivity contribution in [2.45, 2.75) is 58.1 Å². The van der Waals surface area contributed by atoms with Crippen LogP contribution in [0.1, 0.15) is 46.0 Å². The minimum absolute atomic E-state index is 0.0499.